The van der Waals surface area contributed by atoms with E-state index in [2.05, 4.69) is 4.98 Å². The molecule has 2 aromatic rings. The SMILES string of the molecule is CCc1nc(-c2ccco2)sc1CO. The highest BCUT2D eigenvalue weighted by molar-refractivity contribution is 7.15. The van der Waals surface area contributed by atoms with Crippen molar-refractivity contribution in [3.8, 4) is 10.8 Å². The summed E-state index contributed by atoms with van der Waals surface area (Å²) < 4.78 is 5.24. The molecule has 3 nitrogen and oxygen atoms in total. The zero-order valence-corrected chi connectivity index (χ0v) is 8.67. The highest BCUT2D eigenvalue weighted by Crippen LogP contribution is 2.28. The predicted molar refractivity (Wildman–Crippen MR) is 55.1 cm³/mol. The summed E-state index contributed by atoms with van der Waals surface area (Å²) in [7, 11) is 0. The van der Waals surface area contributed by atoms with Crippen molar-refractivity contribution in [2.75, 3.05) is 0 Å². The van der Waals surface area contributed by atoms with Crippen LogP contribution in [0.5, 0.6) is 0 Å². The van der Waals surface area contributed by atoms with Crippen LogP contribution >= 0.6 is 11.3 Å². The van der Waals surface area contributed by atoms with Gasteiger partial charge < -0.3 is 9.52 Å². The van der Waals surface area contributed by atoms with E-state index in [0.29, 0.717) is 0 Å². The maximum absolute atomic E-state index is 9.10. The Balaban J connectivity index is 2.41. The van der Waals surface area contributed by atoms with E-state index in [1.807, 2.05) is 19.1 Å². The predicted octanol–water partition coefficient (Wildman–Crippen LogP) is 2.46. The van der Waals surface area contributed by atoms with Crippen molar-refractivity contribution >= 4 is 11.3 Å². The van der Waals surface area contributed by atoms with Gasteiger partial charge in [0.2, 0.25) is 0 Å². The van der Waals surface area contributed by atoms with Crippen molar-refractivity contribution in [1.29, 1.82) is 0 Å². The second-order valence-electron chi connectivity index (χ2n) is 2.88. The molecule has 0 aliphatic heterocycles. The third-order valence-corrected chi connectivity index (χ3v) is 3.09. The summed E-state index contributed by atoms with van der Waals surface area (Å²) in [5.74, 6) is 0.768. The number of aliphatic hydroxyl groups excluding tert-OH is 1. The average Bonchev–Trinajstić information content (AvgIpc) is 2.85. The van der Waals surface area contributed by atoms with Gasteiger partial charge in [0.05, 0.1) is 23.4 Å². The molecule has 0 aliphatic rings. The Morgan fingerprint density at radius 3 is 2.93 bits per heavy atom. The Labute approximate surface area is 86.0 Å². The Morgan fingerprint density at radius 2 is 2.43 bits per heavy atom. The van der Waals surface area contributed by atoms with Crippen LogP contribution < -0.4 is 0 Å². The molecule has 0 saturated carbocycles. The minimum Gasteiger partial charge on any atom is -0.462 e. The van der Waals surface area contributed by atoms with Gasteiger partial charge in [0.1, 0.15) is 0 Å². The topological polar surface area (TPSA) is 46.3 Å². The van der Waals surface area contributed by atoms with Crippen molar-refractivity contribution in [2.45, 2.75) is 20.0 Å². The van der Waals surface area contributed by atoms with Crippen LogP contribution in [0.4, 0.5) is 0 Å². The molecule has 0 atom stereocenters. The minimum absolute atomic E-state index is 0.0571. The van der Waals surface area contributed by atoms with Gasteiger partial charge in [0.15, 0.2) is 10.8 Å². The lowest BCUT2D eigenvalue weighted by Gasteiger charge is -1.90. The van der Waals surface area contributed by atoms with Crippen LogP contribution in [0.15, 0.2) is 22.8 Å². The fourth-order valence-electron chi connectivity index (χ4n) is 1.29. The van der Waals surface area contributed by atoms with Crippen LogP contribution in [0.3, 0.4) is 0 Å². The van der Waals surface area contributed by atoms with Gasteiger partial charge in [-0.15, -0.1) is 11.3 Å². The zero-order valence-electron chi connectivity index (χ0n) is 7.86. The standard InChI is InChI=1S/C10H11NO2S/c1-2-7-9(6-12)14-10(11-7)8-4-3-5-13-8/h3-5,12H,2,6H2,1H3. The molecule has 4 heteroatoms. The summed E-state index contributed by atoms with van der Waals surface area (Å²) in [6.07, 6.45) is 2.47. The number of hydrogen-bond acceptors (Lipinski definition) is 4. The lowest BCUT2D eigenvalue weighted by atomic mass is 10.3. The highest BCUT2D eigenvalue weighted by Gasteiger charge is 2.11. The summed E-state index contributed by atoms with van der Waals surface area (Å²) >= 11 is 1.49. The van der Waals surface area contributed by atoms with Crippen LogP contribution in [0.25, 0.3) is 10.8 Å². The average molecular weight is 209 g/mol. The molecule has 0 aromatic carbocycles. The minimum atomic E-state index is 0.0571. The number of hydrogen-bond donors (Lipinski definition) is 1. The Bertz CT molecular complexity index is 384. The van der Waals surface area contributed by atoms with Crippen LogP contribution in [0.2, 0.25) is 0 Å². The molecule has 2 aromatic heterocycles. The summed E-state index contributed by atoms with van der Waals surface area (Å²) in [5.41, 5.74) is 0.962. The van der Waals surface area contributed by atoms with Crippen LogP contribution in [0, 0.1) is 0 Å². The first-order chi connectivity index (χ1) is 6.85. The van der Waals surface area contributed by atoms with E-state index >= 15 is 0 Å². The van der Waals surface area contributed by atoms with Crippen molar-refractivity contribution in [3.63, 3.8) is 0 Å². The van der Waals surface area contributed by atoms with Gasteiger partial charge in [-0.2, -0.15) is 0 Å². The Hall–Kier alpha value is -1.13. The van der Waals surface area contributed by atoms with Gasteiger partial charge in [-0.25, -0.2) is 4.98 Å². The smallest absolute Gasteiger partial charge is 0.162 e. The van der Waals surface area contributed by atoms with Gasteiger partial charge in [0, 0.05) is 0 Å². The molecule has 2 heterocycles. The van der Waals surface area contributed by atoms with Gasteiger partial charge in [-0.3, -0.25) is 0 Å². The number of nitrogens with zero attached hydrogens (tertiary/aromatic N) is 1. The summed E-state index contributed by atoms with van der Waals surface area (Å²) in [6, 6.07) is 3.71. The molecule has 0 amide bonds. The molecule has 0 saturated heterocycles. The van der Waals surface area contributed by atoms with Crippen molar-refractivity contribution in [3.05, 3.63) is 29.0 Å². The fraction of sp³-hybridized carbons (Fsp3) is 0.300. The van der Waals surface area contributed by atoms with Gasteiger partial charge >= 0.3 is 0 Å². The number of aliphatic hydroxyl groups is 1. The van der Waals surface area contributed by atoms with E-state index in [1.165, 1.54) is 11.3 Å². The van der Waals surface area contributed by atoms with Gasteiger partial charge in [-0.1, -0.05) is 6.92 Å². The second-order valence-corrected chi connectivity index (χ2v) is 3.96. The molecular formula is C10H11NO2S. The van der Waals surface area contributed by atoms with Crippen LogP contribution in [-0.4, -0.2) is 10.1 Å². The second kappa shape index (κ2) is 3.94. The molecule has 1 N–H and O–H groups in total. The van der Waals surface area contributed by atoms with E-state index in [9.17, 15) is 0 Å². The summed E-state index contributed by atoms with van der Waals surface area (Å²) in [4.78, 5) is 5.34. The van der Waals surface area contributed by atoms with Crippen LogP contribution in [0.1, 0.15) is 17.5 Å². The molecule has 0 bridgehead atoms. The third-order valence-electron chi connectivity index (χ3n) is 1.99. The van der Waals surface area contributed by atoms with E-state index in [4.69, 9.17) is 9.52 Å². The zero-order chi connectivity index (χ0) is 9.97. The Kier molecular flexibility index (Phi) is 2.65. The molecule has 0 aliphatic carbocycles. The molecule has 0 spiro atoms. The Morgan fingerprint density at radius 1 is 1.57 bits per heavy atom. The molecule has 14 heavy (non-hydrogen) atoms. The first kappa shape index (κ1) is 9.43. The number of furan rings is 1. The number of aromatic nitrogens is 1. The molecular weight excluding hydrogens is 198 g/mol. The van der Waals surface area contributed by atoms with Gasteiger partial charge in [0.25, 0.3) is 0 Å². The summed E-state index contributed by atoms with van der Waals surface area (Å²) in [5, 5.41) is 9.94. The summed E-state index contributed by atoms with van der Waals surface area (Å²) in [6.45, 7) is 2.08. The number of thiazole rings is 1. The van der Waals surface area contributed by atoms with Crippen molar-refractivity contribution in [1.82, 2.24) is 4.98 Å². The fourth-order valence-corrected chi connectivity index (χ4v) is 2.27. The first-order valence-electron chi connectivity index (χ1n) is 4.48. The van der Waals surface area contributed by atoms with Crippen molar-refractivity contribution < 1.29 is 9.52 Å². The van der Waals surface area contributed by atoms with E-state index in [-0.39, 0.29) is 6.61 Å². The molecule has 2 rings (SSSR count). The maximum atomic E-state index is 9.10. The molecule has 0 fully saturated rings. The lowest BCUT2D eigenvalue weighted by Crippen LogP contribution is -1.86. The van der Waals surface area contributed by atoms with Gasteiger partial charge in [-0.05, 0) is 18.6 Å². The maximum Gasteiger partial charge on any atom is 0.162 e. The number of aryl methyl sites for hydroxylation is 1. The third kappa shape index (κ3) is 1.58. The monoisotopic (exact) mass is 209 g/mol. The largest absolute Gasteiger partial charge is 0.462 e. The highest BCUT2D eigenvalue weighted by atomic mass is 32.1. The molecule has 0 unspecified atom stereocenters. The van der Waals surface area contributed by atoms with E-state index in [1.54, 1.807) is 6.26 Å². The van der Waals surface area contributed by atoms with E-state index in [0.717, 1.165) is 27.8 Å². The molecule has 74 valence electrons. The lowest BCUT2D eigenvalue weighted by molar-refractivity contribution is 0.284. The van der Waals surface area contributed by atoms with Crippen molar-refractivity contribution in [2.24, 2.45) is 0 Å². The normalized spacial score (nSPS) is 10.7. The van der Waals surface area contributed by atoms with E-state index < -0.39 is 0 Å². The molecule has 0 radical (unpaired) electrons. The first-order valence-corrected chi connectivity index (χ1v) is 5.30. The van der Waals surface area contributed by atoms with Crippen LogP contribution in [-0.2, 0) is 13.0 Å². The number of rotatable bonds is 3. The quantitative estimate of drug-likeness (QED) is 0.844.